The monoisotopic (exact) mass is 348 g/mol. The van der Waals surface area contributed by atoms with Gasteiger partial charge in [0.25, 0.3) is 0 Å². The largest absolute Gasteiger partial charge is 0.479 e. The van der Waals surface area contributed by atoms with Crippen molar-refractivity contribution in [3.63, 3.8) is 0 Å². The molecule has 0 aliphatic carbocycles. The average Bonchev–Trinajstić information content (AvgIpc) is 2.73. The zero-order valence-electron chi connectivity index (χ0n) is 9.17. The summed E-state index contributed by atoms with van der Waals surface area (Å²) in [5.74, 6) is -0.820. The first-order chi connectivity index (χ1) is 8.99. The summed E-state index contributed by atoms with van der Waals surface area (Å²) in [6, 6.07) is 1.85. The Bertz CT molecular complexity index is 636. The Hall–Kier alpha value is -1.81. The number of ether oxygens (including phenoxy) is 1. The van der Waals surface area contributed by atoms with Gasteiger partial charge in [-0.2, -0.15) is 0 Å². The number of anilines is 1. The number of benzene rings is 1. The van der Waals surface area contributed by atoms with Crippen molar-refractivity contribution in [2.24, 2.45) is 0 Å². The first kappa shape index (κ1) is 13.6. The maximum Gasteiger partial charge on any atom is 0.315 e. The van der Waals surface area contributed by atoms with Crippen LogP contribution >= 0.6 is 27.5 Å². The Kier molecular flexibility index (Phi) is 3.90. The van der Waals surface area contributed by atoms with Gasteiger partial charge in [0.2, 0.25) is 5.75 Å². The molecule has 0 aliphatic rings. The van der Waals surface area contributed by atoms with E-state index in [1.807, 2.05) is 0 Å². The van der Waals surface area contributed by atoms with E-state index in [0.717, 1.165) is 23.7 Å². The first-order valence-corrected chi connectivity index (χ1v) is 6.38. The molecule has 0 radical (unpaired) electrons. The lowest BCUT2D eigenvalue weighted by Gasteiger charge is -2.07. The molecule has 100 valence electrons. The molecule has 0 spiro atoms. The maximum absolute atomic E-state index is 13.1. The molecule has 0 saturated heterocycles. The summed E-state index contributed by atoms with van der Waals surface area (Å²) in [5.41, 5.74) is 5.47. The normalized spacial score (nSPS) is 10.4. The summed E-state index contributed by atoms with van der Waals surface area (Å²) < 4.78 is 22.1. The van der Waals surface area contributed by atoms with E-state index >= 15 is 0 Å². The molecule has 1 aromatic carbocycles. The van der Waals surface area contributed by atoms with E-state index in [-0.39, 0.29) is 16.8 Å². The molecule has 10 heteroatoms. The summed E-state index contributed by atoms with van der Waals surface area (Å²) in [6.07, 6.45) is 0. The van der Waals surface area contributed by atoms with E-state index < -0.39 is 16.4 Å². The van der Waals surface area contributed by atoms with E-state index in [4.69, 9.17) is 10.5 Å². The van der Waals surface area contributed by atoms with Gasteiger partial charge in [0.05, 0.1) is 15.5 Å². The third-order valence-corrected chi connectivity index (χ3v) is 3.31. The third kappa shape index (κ3) is 2.96. The van der Waals surface area contributed by atoms with Crippen LogP contribution in [0.1, 0.15) is 5.69 Å². The molecule has 0 fully saturated rings. The highest BCUT2D eigenvalue weighted by Crippen LogP contribution is 2.36. The van der Waals surface area contributed by atoms with Gasteiger partial charge in [-0.25, -0.2) is 4.39 Å². The Morgan fingerprint density at radius 3 is 2.89 bits per heavy atom. The predicted octanol–water partition coefficient (Wildman–Crippen LogP) is 2.51. The van der Waals surface area contributed by atoms with E-state index in [1.165, 1.54) is 0 Å². The minimum Gasteiger partial charge on any atom is -0.479 e. The Morgan fingerprint density at radius 2 is 2.32 bits per heavy atom. The van der Waals surface area contributed by atoms with Crippen molar-refractivity contribution >= 4 is 38.2 Å². The van der Waals surface area contributed by atoms with Crippen LogP contribution in [-0.2, 0) is 6.61 Å². The molecule has 0 bridgehead atoms. The van der Waals surface area contributed by atoms with Crippen molar-refractivity contribution in [1.82, 2.24) is 9.59 Å². The van der Waals surface area contributed by atoms with Crippen LogP contribution in [-0.4, -0.2) is 14.5 Å². The minimum atomic E-state index is -0.735. The van der Waals surface area contributed by atoms with Crippen LogP contribution in [0.5, 0.6) is 5.75 Å². The number of hydrogen-bond donors (Lipinski definition) is 1. The number of nitro groups is 1. The van der Waals surface area contributed by atoms with Crippen molar-refractivity contribution in [3.05, 3.63) is 38.2 Å². The second-order valence-electron chi connectivity index (χ2n) is 3.37. The minimum absolute atomic E-state index is 0.0844. The number of nitrogen functional groups attached to an aromatic ring is 1. The van der Waals surface area contributed by atoms with Crippen LogP contribution in [0.4, 0.5) is 15.1 Å². The second kappa shape index (κ2) is 5.45. The lowest BCUT2D eigenvalue weighted by atomic mass is 10.3. The standard InChI is InChI=1S/C9H6BrFN4O3S/c10-5-1-4(11)2-7(15(16)17)8(5)18-3-6-9(12)19-14-13-6/h1-2H,3,12H2. The van der Waals surface area contributed by atoms with Gasteiger partial charge in [0.15, 0.2) is 0 Å². The van der Waals surface area contributed by atoms with E-state index in [0.29, 0.717) is 10.7 Å². The summed E-state index contributed by atoms with van der Waals surface area (Å²) in [4.78, 5) is 10.1. The fourth-order valence-corrected chi connectivity index (χ4v) is 2.25. The molecule has 19 heavy (non-hydrogen) atoms. The van der Waals surface area contributed by atoms with Gasteiger partial charge >= 0.3 is 5.69 Å². The summed E-state index contributed by atoms with van der Waals surface area (Å²) in [5, 5.41) is 14.9. The fraction of sp³-hybridized carbons (Fsp3) is 0.111. The Labute approximate surface area is 118 Å². The van der Waals surface area contributed by atoms with Crippen molar-refractivity contribution in [2.75, 3.05) is 5.73 Å². The van der Waals surface area contributed by atoms with Gasteiger partial charge in [-0.15, -0.1) is 5.10 Å². The molecular formula is C9H6BrFN4O3S. The Balaban J connectivity index is 2.29. The van der Waals surface area contributed by atoms with E-state index in [9.17, 15) is 14.5 Å². The highest BCUT2D eigenvalue weighted by atomic mass is 79.9. The fourth-order valence-electron chi connectivity index (χ4n) is 1.28. The molecule has 1 heterocycles. The SMILES string of the molecule is Nc1snnc1COc1c(Br)cc(F)cc1[N+](=O)[O-]. The topological polar surface area (TPSA) is 104 Å². The molecule has 1 aromatic heterocycles. The lowest BCUT2D eigenvalue weighted by Crippen LogP contribution is -2.02. The molecule has 0 aliphatic heterocycles. The molecule has 7 nitrogen and oxygen atoms in total. The van der Waals surface area contributed by atoms with Crippen LogP contribution < -0.4 is 10.5 Å². The van der Waals surface area contributed by atoms with Gasteiger partial charge in [-0.3, -0.25) is 10.1 Å². The maximum atomic E-state index is 13.1. The van der Waals surface area contributed by atoms with Crippen molar-refractivity contribution in [3.8, 4) is 5.75 Å². The summed E-state index contributed by atoms with van der Waals surface area (Å²) in [7, 11) is 0. The molecule has 2 aromatic rings. The molecular weight excluding hydrogens is 343 g/mol. The zero-order chi connectivity index (χ0) is 14.0. The van der Waals surface area contributed by atoms with Crippen molar-refractivity contribution in [2.45, 2.75) is 6.61 Å². The molecule has 0 unspecified atom stereocenters. The predicted molar refractivity (Wildman–Crippen MR) is 69.4 cm³/mol. The summed E-state index contributed by atoms with van der Waals surface area (Å²) >= 11 is 4.00. The average molecular weight is 349 g/mol. The first-order valence-electron chi connectivity index (χ1n) is 4.82. The van der Waals surface area contributed by atoms with E-state index in [2.05, 4.69) is 25.5 Å². The highest BCUT2D eigenvalue weighted by Gasteiger charge is 2.21. The van der Waals surface area contributed by atoms with Gasteiger partial charge in [-0.05, 0) is 22.0 Å². The van der Waals surface area contributed by atoms with Crippen LogP contribution in [0.15, 0.2) is 16.6 Å². The highest BCUT2D eigenvalue weighted by molar-refractivity contribution is 9.10. The number of rotatable bonds is 4. The zero-order valence-corrected chi connectivity index (χ0v) is 11.6. The number of nitrogens with two attached hydrogens (primary N) is 1. The molecule has 0 saturated carbocycles. The Morgan fingerprint density at radius 1 is 1.58 bits per heavy atom. The molecule has 2 N–H and O–H groups in total. The van der Waals surface area contributed by atoms with Crippen LogP contribution in [0.2, 0.25) is 0 Å². The smallest absolute Gasteiger partial charge is 0.315 e. The second-order valence-corrected chi connectivity index (χ2v) is 5.01. The molecule has 2 rings (SSSR count). The number of halogens is 2. The van der Waals surface area contributed by atoms with Gasteiger partial charge in [-0.1, -0.05) is 4.49 Å². The van der Waals surface area contributed by atoms with Crippen LogP contribution in [0.25, 0.3) is 0 Å². The van der Waals surface area contributed by atoms with E-state index in [1.54, 1.807) is 0 Å². The number of hydrogen-bond acceptors (Lipinski definition) is 7. The van der Waals surface area contributed by atoms with Crippen LogP contribution in [0, 0.1) is 15.9 Å². The number of nitrogens with zero attached hydrogens (tertiary/aromatic N) is 3. The van der Waals surface area contributed by atoms with Gasteiger partial charge in [0, 0.05) is 11.5 Å². The van der Waals surface area contributed by atoms with Crippen molar-refractivity contribution < 1.29 is 14.1 Å². The third-order valence-electron chi connectivity index (χ3n) is 2.12. The quantitative estimate of drug-likeness (QED) is 0.672. The van der Waals surface area contributed by atoms with Crippen LogP contribution in [0.3, 0.4) is 0 Å². The van der Waals surface area contributed by atoms with Gasteiger partial charge < -0.3 is 10.5 Å². The van der Waals surface area contributed by atoms with Gasteiger partial charge in [0.1, 0.15) is 23.1 Å². The summed E-state index contributed by atoms with van der Waals surface area (Å²) in [6.45, 7) is -0.0899. The molecule has 0 atom stereocenters. The lowest BCUT2D eigenvalue weighted by molar-refractivity contribution is -0.386. The number of nitro benzene ring substituents is 1. The number of aromatic nitrogens is 2. The van der Waals surface area contributed by atoms with Crippen molar-refractivity contribution in [1.29, 1.82) is 0 Å². The molecule has 0 amide bonds.